The number of esters is 1. The predicted molar refractivity (Wildman–Crippen MR) is 114 cm³/mol. The molecule has 1 saturated heterocycles. The number of ether oxygens (including phenoxy) is 1. The van der Waals surface area contributed by atoms with E-state index in [0.29, 0.717) is 18.7 Å². The van der Waals surface area contributed by atoms with Crippen molar-refractivity contribution in [3.63, 3.8) is 0 Å². The number of para-hydroxylation sites is 1. The second-order valence-electron chi connectivity index (χ2n) is 7.25. The van der Waals surface area contributed by atoms with Crippen LogP contribution < -0.4 is 4.90 Å². The quantitative estimate of drug-likeness (QED) is 0.622. The molecule has 3 heterocycles. The standard InChI is InChI=1S/C23H26N4O2/c1-3-29-23(28)22-17(2)18-8-4-5-9-19(18)25-20(22)16-26-12-14-27(15-13-26)21-10-6-7-11-24-21/h4-11H,3,12-16H2,1-2H3. The Morgan fingerprint density at radius 2 is 1.83 bits per heavy atom. The molecule has 0 bridgehead atoms. The highest BCUT2D eigenvalue weighted by Crippen LogP contribution is 2.25. The predicted octanol–water partition coefficient (Wildman–Crippen LogP) is 3.44. The van der Waals surface area contributed by atoms with E-state index in [9.17, 15) is 4.79 Å². The van der Waals surface area contributed by atoms with Crippen LogP contribution in [0.25, 0.3) is 10.9 Å². The minimum Gasteiger partial charge on any atom is -0.462 e. The number of aryl methyl sites for hydroxylation is 1. The Kier molecular flexibility index (Phi) is 5.71. The van der Waals surface area contributed by atoms with Crippen molar-refractivity contribution >= 4 is 22.7 Å². The number of hydrogen-bond acceptors (Lipinski definition) is 6. The van der Waals surface area contributed by atoms with E-state index >= 15 is 0 Å². The molecule has 3 aromatic rings. The molecule has 2 aromatic heterocycles. The Labute approximate surface area is 171 Å². The van der Waals surface area contributed by atoms with Crippen LogP contribution in [0.4, 0.5) is 5.82 Å². The average Bonchev–Trinajstić information content (AvgIpc) is 2.75. The van der Waals surface area contributed by atoms with Gasteiger partial charge in [0, 0.05) is 44.3 Å². The number of benzene rings is 1. The third kappa shape index (κ3) is 4.07. The van der Waals surface area contributed by atoms with Crippen LogP contribution in [-0.2, 0) is 11.3 Å². The number of aromatic nitrogens is 2. The summed E-state index contributed by atoms with van der Waals surface area (Å²) in [6.07, 6.45) is 1.83. The van der Waals surface area contributed by atoms with Crippen LogP contribution in [0.1, 0.15) is 28.5 Å². The maximum Gasteiger partial charge on any atom is 0.340 e. The van der Waals surface area contributed by atoms with Crippen molar-refractivity contribution < 1.29 is 9.53 Å². The van der Waals surface area contributed by atoms with Gasteiger partial charge in [-0.1, -0.05) is 24.3 Å². The molecule has 0 atom stereocenters. The van der Waals surface area contributed by atoms with Crippen molar-refractivity contribution in [2.45, 2.75) is 20.4 Å². The topological polar surface area (TPSA) is 58.6 Å². The van der Waals surface area contributed by atoms with Gasteiger partial charge in [0.05, 0.1) is 23.4 Å². The molecule has 1 aliphatic heterocycles. The molecule has 6 heteroatoms. The van der Waals surface area contributed by atoms with Crippen LogP contribution in [0.5, 0.6) is 0 Å². The van der Waals surface area contributed by atoms with Crippen LogP contribution in [0.15, 0.2) is 48.7 Å². The summed E-state index contributed by atoms with van der Waals surface area (Å²) in [4.78, 5) is 26.6. The normalized spacial score (nSPS) is 14.9. The highest BCUT2D eigenvalue weighted by molar-refractivity contribution is 5.98. The number of pyridine rings is 2. The SMILES string of the molecule is CCOC(=O)c1c(CN2CCN(c3ccccn3)CC2)nc2ccccc2c1C. The fourth-order valence-electron chi connectivity index (χ4n) is 3.92. The molecule has 0 spiro atoms. The zero-order chi connectivity index (χ0) is 20.2. The molecule has 0 N–H and O–H groups in total. The van der Waals surface area contributed by atoms with Gasteiger partial charge in [0.15, 0.2) is 0 Å². The molecule has 0 amide bonds. The first-order valence-electron chi connectivity index (χ1n) is 10.1. The number of carbonyl (C=O) groups excluding carboxylic acids is 1. The molecule has 1 aromatic carbocycles. The van der Waals surface area contributed by atoms with Gasteiger partial charge in [-0.15, -0.1) is 0 Å². The molecule has 0 radical (unpaired) electrons. The summed E-state index contributed by atoms with van der Waals surface area (Å²) >= 11 is 0. The van der Waals surface area contributed by atoms with Crippen LogP contribution in [0.2, 0.25) is 0 Å². The van der Waals surface area contributed by atoms with E-state index in [0.717, 1.165) is 54.2 Å². The fourth-order valence-corrected chi connectivity index (χ4v) is 3.92. The van der Waals surface area contributed by atoms with E-state index in [-0.39, 0.29) is 5.97 Å². The molecular formula is C23H26N4O2. The van der Waals surface area contributed by atoms with E-state index in [1.54, 1.807) is 0 Å². The molecule has 4 rings (SSSR count). The molecule has 0 saturated carbocycles. The lowest BCUT2D eigenvalue weighted by atomic mass is 10.0. The lowest BCUT2D eigenvalue weighted by molar-refractivity contribution is 0.0522. The molecule has 29 heavy (non-hydrogen) atoms. The molecular weight excluding hydrogens is 364 g/mol. The van der Waals surface area contributed by atoms with E-state index in [2.05, 4.69) is 14.8 Å². The number of piperazine rings is 1. The van der Waals surface area contributed by atoms with Crippen LogP contribution in [0.3, 0.4) is 0 Å². The summed E-state index contributed by atoms with van der Waals surface area (Å²) in [6.45, 7) is 8.40. The smallest absolute Gasteiger partial charge is 0.340 e. The first-order valence-corrected chi connectivity index (χ1v) is 10.1. The zero-order valence-electron chi connectivity index (χ0n) is 17.0. The van der Waals surface area contributed by atoms with E-state index in [4.69, 9.17) is 9.72 Å². The number of anilines is 1. The van der Waals surface area contributed by atoms with Gasteiger partial charge in [-0.05, 0) is 37.6 Å². The van der Waals surface area contributed by atoms with Gasteiger partial charge in [0.2, 0.25) is 0 Å². The molecule has 1 fully saturated rings. The van der Waals surface area contributed by atoms with Crippen LogP contribution in [0, 0.1) is 6.92 Å². The van der Waals surface area contributed by atoms with Crippen molar-refractivity contribution in [3.05, 3.63) is 65.5 Å². The van der Waals surface area contributed by atoms with E-state index in [1.165, 1.54) is 0 Å². The summed E-state index contributed by atoms with van der Waals surface area (Å²) in [6, 6.07) is 14.0. The number of carbonyl (C=O) groups is 1. The van der Waals surface area contributed by atoms with E-state index in [1.807, 2.05) is 62.5 Å². The van der Waals surface area contributed by atoms with Gasteiger partial charge < -0.3 is 9.64 Å². The maximum absolute atomic E-state index is 12.7. The Morgan fingerprint density at radius 1 is 1.07 bits per heavy atom. The summed E-state index contributed by atoms with van der Waals surface area (Å²) in [5.74, 6) is 0.726. The lowest BCUT2D eigenvalue weighted by Gasteiger charge is -2.35. The van der Waals surface area contributed by atoms with Gasteiger partial charge in [-0.25, -0.2) is 9.78 Å². The second kappa shape index (κ2) is 8.57. The highest BCUT2D eigenvalue weighted by atomic mass is 16.5. The summed E-state index contributed by atoms with van der Waals surface area (Å²) in [7, 11) is 0. The first kappa shape index (κ1) is 19.3. The third-order valence-electron chi connectivity index (χ3n) is 5.43. The zero-order valence-corrected chi connectivity index (χ0v) is 17.0. The first-order chi connectivity index (χ1) is 14.2. The fraction of sp³-hybridized carbons (Fsp3) is 0.348. The van der Waals surface area contributed by atoms with Crippen LogP contribution >= 0.6 is 0 Å². The van der Waals surface area contributed by atoms with Crippen molar-refractivity contribution in [2.24, 2.45) is 0 Å². The highest BCUT2D eigenvalue weighted by Gasteiger charge is 2.24. The van der Waals surface area contributed by atoms with Gasteiger partial charge >= 0.3 is 5.97 Å². The Balaban J connectivity index is 1.57. The number of rotatable bonds is 5. The summed E-state index contributed by atoms with van der Waals surface area (Å²) < 4.78 is 5.35. The lowest BCUT2D eigenvalue weighted by Crippen LogP contribution is -2.46. The maximum atomic E-state index is 12.7. The number of hydrogen-bond donors (Lipinski definition) is 0. The van der Waals surface area contributed by atoms with Gasteiger partial charge in [-0.3, -0.25) is 9.88 Å². The third-order valence-corrected chi connectivity index (χ3v) is 5.43. The number of fused-ring (bicyclic) bond motifs is 1. The average molecular weight is 390 g/mol. The van der Waals surface area contributed by atoms with Crippen molar-refractivity contribution in [1.29, 1.82) is 0 Å². The summed E-state index contributed by atoms with van der Waals surface area (Å²) in [5, 5.41) is 0.999. The molecule has 150 valence electrons. The van der Waals surface area contributed by atoms with Crippen LogP contribution in [-0.4, -0.2) is 53.6 Å². The van der Waals surface area contributed by atoms with Crippen molar-refractivity contribution in [2.75, 3.05) is 37.7 Å². The minimum absolute atomic E-state index is 0.287. The Bertz CT molecular complexity index is 998. The molecule has 6 nitrogen and oxygen atoms in total. The minimum atomic E-state index is -0.287. The molecule has 1 aliphatic rings. The molecule has 0 aliphatic carbocycles. The van der Waals surface area contributed by atoms with Gasteiger partial charge in [-0.2, -0.15) is 0 Å². The second-order valence-corrected chi connectivity index (χ2v) is 7.25. The van der Waals surface area contributed by atoms with Gasteiger partial charge in [0.1, 0.15) is 5.82 Å². The Morgan fingerprint density at radius 3 is 2.55 bits per heavy atom. The van der Waals surface area contributed by atoms with E-state index < -0.39 is 0 Å². The van der Waals surface area contributed by atoms with Crippen molar-refractivity contribution in [1.82, 2.24) is 14.9 Å². The van der Waals surface area contributed by atoms with Crippen molar-refractivity contribution in [3.8, 4) is 0 Å². The monoisotopic (exact) mass is 390 g/mol. The number of nitrogens with zero attached hydrogens (tertiary/aromatic N) is 4. The summed E-state index contributed by atoms with van der Waals surface area (Å²) in [5.41, 5.74) is 3.26. The Hall–Kier alpha value is -2.99. The van der Waals surface area contributed by atoms with Gasteiger partial charge in [0.25, 0.3) is 0 Å². The molecule has 0 unspecified atom stereocenters. The largest absolute Gasteiger partial charge is 0.462 e.